The van der Waals surface area contributed by atoms with E-state index < -0.39 is 0 Å². The van der Waals surface area contributed by atoms with E-state index in [1.165, 1.54) is 4.90 Å². The van der Waals surface area contributed by atoms with Crippen molar-refractivity contribution in [2.24, 2.45) is 0 Å². The molecule has 5 nitrogen and oxygen atoms in total. The summed E-state index contributed by atoms with van der Waals surface area (Å²) in [5.74, 6) is -0.858. The van der Waals surface area contributed by atoms with Crippen LogP contribution in [0.5, 0.6) is 0 Å². The standard InChI is InChI=1S/C19H16BrClN2O3/c1-11-4-7-16(15(21)9-11)22-17(24)3-2-8-23-18(25)13-6-5-12(20)10-14(13)19(23)26/h4-7,9-10H,2-3,8H2,1H3,(H,22,24). The number of imide groups is 1. The number of hydrogen-bond acceptors (Lipinski definition) is 3. The molecule has 1 N–H and O–H groups in total. The summed E-state index contributed by atoms with van der Waals surface area (Å²) in [4.78, 5) is 38.0. The van der Waals surface area contributed by atoms with Crippen molar-refractivity contribution < 1.29 is 14.4 Å². The summed E-state index contributed by atoms with van der Waals surface area (Å²) in [7, 11) is 0. The molecule has 7 heteroatoms. The molecule has 1 aliphatic heterocycles. The molecular formula is C19H16BrClN2O3. The fraction of sp³-hybridized carbons (Fsp3) is 0.211. The normalized spacial score (nSPS) is 13.1. The first kappa shape index (κ1) is 18.6. The molecule has 0 aliphatic carbocycles. The number of rotatable bonds is 5. The van der Waals surface area contributed by atoms with Gasteiger partial charge in [-0.05, 0) is 49.2 Å². The van der Waals surface area contributed by atoms with Gasteiger partial charge >= 0.3 is 0 Å². The summed E-state index contributed by atoms with van der Waals surface area (Å²) in [6.07, 6.45) is 0.559. The van der Waals surface area contributed by atoms with Gasteiger partial charge in [-0.1, -0.05) is 33.6 Å². The van der Waals surface area contributed by atoms with Gasteiger partial charge in [0.1, 0.15) is 0 Å². The predicted molar refractivity (Wildman–Crippen MR) is 104 cm³/mol. The van der Waals surface area contributed by atoms with Crippen LogP contribution in [0.15, 0.2) is 40.9 Å². The first-order chi connectivity index (χ1) is 12.4. The maximum Gasteiger partial charge on any atom is 0.261 e. The number of carbonyl (C=O) groups is 3. The SMILES string of the molecule is Cc1ccc(NC(=O)CCCN2C(=O)c3ccc(Br)cc3C2=O)c(Cl)c1. The van der Waals surface area contributed by atoms with Gasteiger partial charge in [0.2, 0.25) is 5.91 Å². The van der Waals surface area contributed by atoms with Crippen LogP contribution in [0.3, 0.4) is 0 Å². The highest BCUT2D eigenvalue weighted by molar-refractivity contribution is 9.10. The predicted octanol–water partition coefficient (Wildman–Crippen LogP) is 4.43. The van der Waals surface area contributed by atoms with E-state index >= 15 is 0 Å². The maximum absolute atomic E-state index is 12.4. The molecule has 1 aliphatic rings. The highest BCUT2D eigenvalue weighted by Gasteiger charge is 2.35. The lowest BCUT2D eigenvalue weighted by Gasteiger charge is -2.13. The number of fused-ring (bicyclic) bond motifs is 1. The molecule has 0 unspecified atom stereocenters. The van der Waals surface area contributed by atoms with Gasteiger partial charge in [0.25, 0.3) is 11.8 Å². The third kappa shape index (κ3) is 3.81. The molecule has 0 saturated carbocycles. The molecule has 3 amide bonds. The molecule has 0 saturated heterocycles. The van der Waals surface area contributed by atoms with Gasteiger partial charge in [0.15, 0.2) is 0 Å². The molecule has 3 rings (SSSR count). The third-order valence-electron chi connectivity index (χ3n) is 4.12. The fourth-order valence-electron chi connectivity index (χ4n) is 2.80. The Balaban J connectivity index is 1.56. The second-order valence-electron chi connectivity index (χ2n) is 6.09. The molecule has 2 aromatic carbocycles. The average Bonchev–Trinajstić information content (AvgIpc) is 2.82. The molecule has 134 valence electrons. The molecule has 1 heterocycles. The van der Waals surface area contributed by atoms with Crippen molar-refractivity contribution in [3.63, 3.8) is 0 Å². The lowest BCUT2D eigenvalue weighted by molar-refractivity contribution is -0.116. The van der Waals surface area contributed by atoms with E-state index in [-0.39, 0.29) is 30.7 Å². The van der Waals surface area contributed by atoms with Gasteiger partial charge < -0.3 is 5.32 Å². The van der Waals surface area contributed by atoms with Gasteiger partial charge in [-0.25, -0.2) is 0 Å². The second kappa shape index (κ2) is 7.60. The van der Waals surface area contributed by atoms with E-state index in [1.807, 2.05) is 13.0 Å². The largest absolute Gasteiger partial charge is 0.325 e. The summed E-state index contributed by atoms with van der Waals surface area (Å²) >= 11 is 9.40. The van der Waals surface area contributed by atoms with E-state index in [1.54, 1.807) is 30.3 Å². The van der Waals surface area contributed by atoms with Crippen LogP contribution >= 0.6 is 27.5 Å². The highest BCUT2D eigenvalue weighted by Crippen LogP contribution is 2.26. The number of aryl methyl sites for hydroxylation is 1. The first-order valence-corrected chi connectivity index (χ1v) is 9.25. The third-order valence-corrected chi connectivity index (χ3v) is 4.92. The molecule has 0 aromatic heterocycles. The molecular weight excluding hydrogens is 420 g/mol. The van der Waals surface area contributed by atoms with Crippen molar-refractivity contribution in [2.75, 3.05) is 11.9 Å². The van der Waals surface area contributed by atoms with Gasteiger partial charge in [-0.15, -0.1) is 0 Å². The average molecular weight is 436 g/mol. The number of halogens is 2. The number of anilines is 1. The van der Waals surface area contributed by atoms with Gasteiger partial charge in [0.05, 0.1) is 21.8 Å². The van der Waals surface area contributed by atoms with E-state index in [0.717, 1.165) is 10.0 Å². The van der Waals surface area contributed by atoms with Crippen molar-refractivity contribution in [3.8, 4) is 0 Å². The molecule has 0 radical (unpaired) electrons. The van der Waals surface area contributed by atoms with Crippen LogP contribution in [-0.4, -0.2) is 29.2 Å². The van der Waals surface area contributed by atoms with E-state index in [0.29, 0.717) is 28.3 Å². The van der Waals surface area contributed by atoms with Crippen LogP contribution in [0.1, 0.15) is 39.1 Å². The number of nitrogens with one attached hydrogen (secondary N) is 1. The molecule has 0 spiro atoms. The Hall–Kier alpha value is -2.18. The highest BCUT2D eigenvalue weighted by atomic mass is 79.9. The molecule has 0 fully saturated rings. The minimum Gasteiger partial charge on any atom is -0.325 e. The Morgan fingerprint density at radius 2 is 1.85 bits per heavy atom. The summed E-state index contributed by atoms with van der Waals surface area (Å²) in [5, 5.41) is 3.22. The van der Waals surface area contributed by atoms with Crippen molar-refractivity contribution >= 4 is 50.9 Å². The molecule has 0 bridgehead atoms. The van der Waals surface area contributed by atoms with Crippen LogP contribution < -0.4 is 5.32 Å². The Kier molecular flexibility index (Phi) is 5.44. The number of nitrogens with zero attached hydrogens (tertiary/aromatic N) is 1. The second-order valence-corrected chi connectivity index (χ2v) is 7.41. The summed E-state index contributed by atoms with van der Waals surface area (Å²) in [6, 6.07) is 10.4. The van der Waals surface area contributed by atoms with Gasteiger partial charge in [-0.3, -0.25) is 19.3 Å². The Labute approximate surface area is 164 Å². The van der Waals surface area contributed by atoms with Crippen molar-refractivity contribution in [1.29, 1.82) is 0 Å². The summed E-state index contributed by atoms with van der Waals surface area (Å²) in [6.45, 7) is 2.11. The Morgan fingerprint density at radius 1 is 1.12 bits per heavy atom. The minimum atomic E-state index is -0.326. The van der Waals surface area contributed by atoms with Crippen LogP contribution in [-0.2, 0) is 4.79 Å². The molecule has 26 heavy (non-hydrogen) atoms. The Bertz CT molecular complexity index is 914. The number of hydrogen-bond donors (Lipinski definition) is 1. The van der Waals surface area contributed by atoms with E-state index in [2.05, 4.69) is 21.2 Å². The summed E-state index contributed by atoms with van der Waals surface area (Å²) in [5.41, 5.74) is 2.34. The van der Waals surface area contributed by atoms with Crippen LogP contribution in [0, 0.1) is 6.92 Å². The van der Waals surface area contributed by atoms with Gasteiger partial charge in [0, 0.05) is 17.4 Å². The summed E-state index contributed by atoms with van der Waals surface area (Å²) < 4.78 is 0.744. The van der Waals surface area contributed by atoms with E-state index in [4.69, 9.17) is 11.6 Å². The monoisotopic (exact) mass is 434 g/mol. The minimum absolute atomic E-state index is 0.182. The Morgan fingerprint density at radius 3 is 2.58 bits per heavy atom. The quantitative estimate of drug-likeness (QED) is 0.707. The van der Waals surface area contributed by atoms with Crippen molar-refractivity contribution in [2.45, 2.75) is 19.8 Å². The lowest BCUT2D eigenvalue weighted by atomic mass is 10.1. The smallest absolute Gasteiger partial charge is 0.261 e. The van der Waals surface area contributed by atoms with Gasteiger partial charge in [-0.2, -0.15) is 0 Å². The van der Waals surface area contributed by atoms with Crippen molar-refractivity contribution in [3.05, 3.63) is 62.6 Å². The van der Waals surface area contributed by atoms with E-state index in [9.17, 15) is 14.4 Å². The molecule has 2 aromatic rings. The number of amides is 3. The number of carbonyl (C=O) groups excluding carboxylic acids is 3. The van der Waals surface area contributed by atoms with Crippen LogP contribution in [0.2, 0.25) is 5.02 Å². The zero-order chi connectivity index (χ0) is 18.8. The fourth-order valence-corrected chi connectivity index (χ4v) is 3.44. The molecule has 0 atom stereocenters. The zero-order valence-corrected chi connectivity index (χ0v) is 16.4. The lowest BCUT2D eigenvalue weighted by Crippen LogP contribution is -2.31. The number of benzene rings is 2. The van der Waals surface area contributed by atoms with Crippen molar-refractivity contribution in [1.82, 2.24) is 4.90 Å². The first-order valence-electron chi connectivity index (χ1n) is 8.08. The maximum atomic E-state index is 12.4. The zero-order valence-electron chi connectivity index (χ0n) is 14.0. The topological polar surface area (TPSA) is 66.5 Å². The van der Waals surface area contributed by atoms with Crippen LogP contribution in [0.4, 0.5) is 5.69 Å². The van der Waals surface area contributed by atoms with Crippen LogP contribution in [0.25, 0.3) is 0 Å².